The molecule has 0 aliphatic heterocycles. The number of carbonyl (C=O) groups is 2. The van der Waals surface area contributed by atoms with E-state index in [-0.39, 0.29) is 54.3 Å². The molecule has 0 atom stereocenters. The van der Waals surface area contributed by atoms with Gasteiger partial charge in [-0.2, -0.15) is 0 Å². The van der Waals surface area contributed by atoms with E-state index in [0.29, 0.717) is 0 Å². The molecule has 1 N–H and O–H groups in total. The molecule has 0 heterocycles. The van der Waals surface area contributed by atoms with E-state index in [4.69, 9.17) is 0 Å². The van der Waals surface area contributed by atoms with Crippen molar-refractivity contribution in [3.63, 3.8) is 0 Å². The molecule has 0 aliphatic rings. The van der Waals surface area contributed by atoms with E-state index in [2.05, 4.69) is 48.5 Å². The summed E-state index contributed by atoms with van der Waals surface area (Å²) < 4.78 is 0. The summed E-state index contributed by atoms with van der Waals surface area (Å²) in [5.41, 5.74) is -0.339. The first kappa shape index (κ1) is 25.2. The van der Waals surface area contributed by atoms with E-state index in [0.717, 1.165) is 6.07 Å². The second-order valence-electron chi connectivity index (χ2n) is 4.94. The monoisotopic (exact) mass is 408 g/mol. The van der Waals surface area contributed by atoms with Gasteiger partial charge in [0, 0.05) is 11.8 Å². The van der Waals surface area contributed by atoms with Gasteiger partial charge in [0.15, 0.2) is 9.79 Å². The second-order valence-corrected chi connectivity index (χ2v) is 6.20. The Hall–Kier alpha value is -1.83. The Morgan fingerprint density at radius 1 is 0.630 bits per heavy atom. The fourth-order valence-electron chi connectivity index (χ4n) is 1.93. The number of rotatable bonds is 4. The first-order chi connectivity index (χ1) is 12.1. The number of hydrogen-bond donors (Lipinski definition) is 0. The van der Waals surface area contributed by atoms with Crippen molar-refractivity contribution in [2.24, 2.45) is 0 Å². The van der Waals surface area contributed by atoms with E-state index >= 15 is 0 Å². The molecule has 0 spiro atoms. The number of aromatic carboxylic acids is 2. The van der Waals surface area contributed by atoms with Crippen LogP contribution in [0.15, 0.2) is 94.7 Å². The Labute approximate surface area is 191 Å². The minimum Gasteiger partial charge on any atom is -0.870 e. The topological polar surface area (TPSA) is 110 Å². The number of benzene rings is 3. The van der Waals surface area contributed by atoms with Gasteiger partial charge >= 0.3 is 37.7 Å². The minimum atomic E-state index is -1.40. The van der Waals surface area contributed by atoms with Gasteiger partial charge in [-0.25, -0.2) is 0 Å². The molecule has 0 bridgehead atoms. The van der Waals surface area contributed by atoms with Gasteiger partial charge in [-0.3, -0.25) is 0 Å². The van der Waals surface area contributed by atoms with Crippen LogP contribution in [0.25, 0.3) is 0 Å². The zero-order valence-electron chi connectivity index (χ0n) is 14.3. The average molecular weight is 408 g/mol. The molecular formula is C20H16CaO5S. The Morgan fingerprint density at radius 2 is 1.00 bits per heavy atom. The molecule has 0 radical (unpaired) electrons. The van der Waals surface area contributed by atoms with E-state index in [1.165, 1.54) is 39.8 Å². The number of thiol groups is 1. The molecule has 27 heavy (non-hydrogen) atoms. The minimum absolute atomic E-state index is 0. The molecule has 3 rings (SSSR count). The van der Waals surface area contributed by atoms with E-state index in [1.807, 2.05) is 12.1 Å². The summed E-state index contributed by atoms with van der Waals surface area (Å²) in [6, 6.07) is 25.8. The van der Waals surface area contributed by atoms with Gasteiger partial charge in [0.25, 0.3) is 0 Å². The van der Waals surface area contributed by atoms with Crippen molar-refractivity contribution >= 4 is 61.4 Å². The molecule has 3 aromatic carbocycles. The van der Waals surface area contributed by atoms with Crippen LogP contribution in [-0.2, 0) is 11.8 Å². The van der Waals surface area contributed by atoms with Crippen LogP contribution in [0.4, 0.5) is 0 Å². The predicted octanol–water partition coefficient (Wildman–Crippen LogP) is 0.775. The third-order valence-corrected chi connectivity index (χ3v) is 4.22. The fraction of sp³-hybridized carbons (Fsp3) is 0. The smallest absolute Gasteiger partial charge is 0.870 e. The molecule has 7 heteroatoms. The number of carbonyl (C=O) groups excluding carboxylic acids is 2. The van der Waals surface area contributed by atoms with Crippen molar-refractivity contribution in [1.29, 1.82) is 0 Å². The number of hydrogen-bond acceptors (Lipinski definition) is 5. The van der Waals surface area contributed by atoms with Crippen LogP contribution >= 0.6 is 0 Å². The van der Waals surface area contributed by atoms with E-state index < -0.39 is 11.9 Å². The van der Waals surface area contributed by atoms with E-state index in [9.17, 15) is 19.8 Å². The average Bonchev–Trinajstić information content (AvgIpc) is 2.64. The maximum atomic E-state index is 10.3. The van der Waals surface area contributed by atoms with E-state index in [1.54, 1.807) is 0 Å². The molecule has 0 unspecified atom stereocenters. The molecule has 0 saturated heterocycles. The molecule has 0 saturated carbocycles. The van der Waals surface area contributed by atoms with Gasteiger partial charge in [-0.1, -0.05) is 54.6 Å². The van der Waals surface area contributed by atoms with Crippen LogP contribution in [0.2, 0.25) is 0 Å². The Morgan fingerprint density at radius 3 is 1.33 bits per heavy atom. The third kappa shape index (κ3) is 9.08. The van der Waals surface area contributed by atoms with Crippen LogP contribution in [0.1, 0.15) is 20.7 Å². The summed E-state index contributed by atoms with van der Waals surface area (Å²) in [7, 11) is 0. The SMILES string of the molecule is O=C([O-])c1cccc(C(=O)[O-])c1.[Ca+2].[OH-].c1ccc([SH+]c2ccccc2)cc1. The Kier molecular flexibility index (Phi) is 12.4. The van der Waals surface area contributed by atoms with Crippen molar-refractivity contribution in [1.82, 2.24) is 0 Å². The van der Waals surface area contributed by atoms with Gasteiger partial charge in [0.05, 0.1) is 11.9 Å². The van der Waals surface area contributed by atoms with Gasteiger partial charge in [0.1, 0.15) is 0 Å². The normalized spacial score (nSPS) is 8.89. The van der Waals surface area contributed by atoms with Gasteiger partial charge in [0.2, 0.25) is 0 Å². The summed E-state index contributed by atoms with van der Waals surface area (Å²) in [6.07, 6.45) is 0. The van der Waals surface area contributed by atoms with Crippen LogP contribution < -0.4 is 10.2 Å². The zero-order chi connectivity index (χ0) is 18.1. The first-order valence-corrected chi connectivity index (χ1v) is 8.30. The first-order valence-electron chi connectivity index (χ1n) is 7.41. The van der Waals surface area contributed by atoms with Crippen molar-refractivity contribution < 1.29 is 25.3 Å². The quantitative estimate of drug-likeness (QED) is 0.360. The van der Waals surface area contributed by atoms with Crippen LogP contribution in [0.3, 0.4) is 0 Å². The van der Waals surface area contributed by atoms with Crippen LogP contribution in [-0.4, -0.2) is 55.2 Å². The van der Waals surface area contributed by atoms with Crippen molar-refractivity contribution in [3.05, 3.63) is 96.1 Å². The van der Waals surface area contributed by atoms with Crippen molar-refractivity contribution in [3.8, 4) is 0 Å². The van der Waals surface area contributed by atoms with Crippen molar-refractivity contribution in [2.75, 3.05) is 0 Å². The van der Waals surface area contributed by atoms with Gasteiger partial charge < -0.3 is 25.3 Å². The maximum Gasteiger partial charge on any atom is 2.00 e. The summed E-state index contributed by atoms with van der Waals surface area (Å²) in [4.78, 5) is 23.2. The molecule has 0 fully saturated rings. The van der Waals surface area contributed by atoms with Gasteiger partial charge in [-0.05, 0) is 41.5 Å². The summed E-state index contributed by atoms with van der Waals surface area (Å²) in [6.45, 7) is 0. The maximum absolute atomic E-state index is 10.3. The number of carboxylic acids is 2. The van der Waals surface area contributed by atoms with Crippen LogP contribution in [0, 0.1) is 0 Å². The number of carboxylic acid groups (broad SMARTS) is 2. The predicted molar refractivity (Wildman–Crippen MR) is 101 cm³/mol. The second kappa shape index (κ2) is 13.4. The summed E-state index contributed by atoms with van der Waals surface area (Å²) >= 11 is 1.28. The largest absolute Gasteiger partial charge is 2.00 e. The molecule has 5 nitrogen and oxygen atoms in total. The van der Waals surface area contributed by atoms with Gasteiger partial charge in [-0.15, -0.1) is 0 Å². The summed E-state index contributed by atoms with van der Waals surface area (Å²) in [5.74, 6) is -2.81. The zero-order valence-corrected chi connectivity index (χ0v) is 17.4. The Bertz CT molecular complexity index is 775. The van der Waals surface area contributed by atoms with Crippen LogP contribution in [0.5, 0.6) is 0 Å². The molecule has 0 amide bonds. The molecule has 3 aromatic rings. The third-order valence-electron chi connectivity index (χ3n) is 3.10. The fourth-order valence-corrected chi connectivity index (χ4v) is 2.87. The molecular weight excluding hydrogens is 392 g/mol. The Balaban J connectivity index is 0.000000468. The van der Waals surface area contributed by atoms with Crippen molar-refractivity contribution in [2.45, 2.75) is 9.79 Å². The molecule has 0 aromatic heterocycles. The standard InChI is InChI=1S/C12H10S.C8H6O4.Ca.H2O/c1-3-7-11(8-4-1)13-12-9-5-2-6-10-12;9-7(10)5-2-1-3-6(4-5)8(11)12;;/h1-10H;1-4H,(H,9,10)(H,11,12);;1H2/q;;+2;/p-2. The molecule has 0 aliphatic carbocycles. The summed E-state index contributed by atoms with van der Waals surface area (Å²) in [5, 5.41) is 20.5. The molecule has 134 valence electrons.